The monoisotopic (exact) mass is 334 g/mol. The van der Waals surface area contributed by atoms with Crippen LogP contribution in [-0.2, 0) is 4.79 Å². The molecular formula is C18H14N4OS. The first kappa shape index (κ1) is 14.6. The van der Waals surface area contributed by atoms with Gasteiger partial charge in [0.1, 0.15) is 5.71 Å². The Morgan fingerprint density at radius 1 is 1.12 bits per heavy atom. The van der Waals surface area contributed by atoms with Crippen molar-refractivity contribution in [3.05, 3.63) is 71.4 Å². The van der Waals surface area contributed by atoms with Gasteiger partial charge < -0.3 is 5.73 Å². The lowest BCUT2D eigenvalue weighted by Gasteiger charge is -2.05. The molecule has 1 aliphatic heterocycles. The number of thiazole rings is 1. The average Bonchev–Trinajstić information content (AvgIpc) is 3.16. The van der Waals surface area contributed by atoms with Crippen LogP contribution in [0.15, 0.2) is 65.4 Å². The number of hydrazone groups is 1. The Balaban J connectivity index is 1.81. The Morgan fingerprint density at radius 2 is 1.88 bits per heavy atom. The van der Waals surface area contributed by atoms with E-state index in [-0.39, 0.29) is 5.91 Å². The molecule has 0 aliphatic carbocycles. The fourth-order valence-corrected chi connectivity index (χ4v) is 3.49. The number of fused-ring (bicyclic) bond motifs is 1. The lowest BCUT2D eigenvalue weighted by Crippen LogP contribution is -2.21. The summed E-state index contributed by atoms with van der Waals surface area (Å²) in [5.74, 6) is -0.257. The zero-order valence-corrected chi connectivity index (χ0v) is 13.7. The molecule has 24 heavy (non-hydrogen) atoms. The lowest BCUT2D eigenvalue weighted by molar-refractivity contribution is -0.114. The van der Waals surface area contributed by atoms with Gasteiger partial charge in [0.15, 0.2) is 0 Å². The lowest BCUT2D eigenvalue weighted by atomic mass is 10.0. The Labute approximate surface area is 142 Å². The number of hydrogen-bond donors (Lipinski definition) is 1. The van der Waals surface area contributed by atoms with Gasteiger partial charge in [0, 0.05) is 11.8 Å². The highest BCUT2D eigenvalue weighted by Crippen LogP contribution is 2.32. The van der Waals surface area contributed by atoms with Crippen LogP contribution in [0.1, 0.15) is 11.1 Å². The molecule has 1 amide bonds. The maximum atomic E-state index is 12.7. The molecule has 0 atom stereocenters. The first-order valence-electron chi connectivity index (χ1n) is 7.45. The Hall–Kier alpha value is -2.99. The number of aromatic nitrogens is 1. The van der Waals surface area contributed by atoms with Crippen molar-refractivity contribution in [1.82, 2.24) is 4.98 Å². The van der Waals surface area contributed by atoms with E-state index < -0.39 is 0 Å². The van der Waals surface area contributed by atoms with Gasteiger partial charge in [-0.3, -0.25) is 4.79 Å². The number of carbonyl (C=O) groups is 1. The highest BCUT2D eigenvalue weighted by Gasteiger charge is 2.33. The van der Waals surface area contributed by atoms with Gasteiger partial charge in [-0.25, -0.2) is 4.98 Å². The van der Waals surface area contributed by atoms with E-state index in [1.54, 1.807) is 0 Å². The van der Waals surface area contributed by atoms with Gasteiger partial charge in [0.25, 0.3) is 5.91 Å². The molecule has 1 aromatic heterocycles. The number of anilines is 1. The molecule has 118 valence electrons. The van der Waals surface area contributed by atoms with Crippen LogP contribution in [0.2, 0.25) is 0 Å². The predicted molar refractivity (Wildman–Crippen MR) is 97.1 cm³/mol. The average molecular weight is 334 g/mol. The molecule has 6 heteroatoms. The smallest absolute Gasteiger partial charge is 0.284 e. The molecule has 2 N–H and O–H groups in total. The fraction of sp³-hybridized carbons (Fsp3) is 0.0556. The molecule has 0 saturated heterocycles. The Bertz CT molecular complexity index is 968. The van der Waals surface area contributed by atoms with E-state index in [4.69, 9.17) is 5.73 Å². The maximum absolute atomic E-state index is 12.7. The summed E-state index contributed by atoms with van der Waals surface area (Å²) in [6, 6.07) is 15.6. The molecule has 2 heterocycles. The minimum absolute atomic E-state index is 0.257. The number of nitrogens with zero attached hydrogens (tertiary/aromatic N) is 3. The second-order valence-electron chi connectivity index (χ2n) is 5.48. The highest BCUT2D eigenvalue weighted by atomic mass is 32.1. The van der Waals surface area contributed by atoms with Crippen LogP contribution in [0.3, 0.4) is 0 Å². The number of amides is 1. The first-order chi connectivity index (χ1) is 11.7. The summed E-state index contributed by atoms with van der Waals surface area (Å²) < 4.78 is 1.01. The molecule has 0 saturated carbocycles. The largest absolute Gasteiger partial charge is 0.404 e. The van der Waals surface area contributed by atoms with Crippen LogP contribution < -0.4 is 10.7 Å². The van der Waals surface area contributed by atoms with Crippen LogP contribution in [0.25, 0.3) is 10.2 Å². The topological polar surface area (TPSA) is 71.6 Å². The fourth-order valence-electron chi connectivity index (χ4n) is 2.57. The summed E-state index contributed by atoms with van der Waals surface area (Å²) in [5.41, 5.74) is 9.50. The molecule has 0 fully saturated rings. The van der Waals surface area contributed by atoms with Crippen molar-refractivity contribution in [3.8, 4) is 0 Å². The minimum Gasteiger partial charge on any atom is -0.404 e. The Kier molecular flexibility index (Phi) is 3.39. The second kappa shape index (κ2) is 5.58. The number of benzene rings is 2. The number of rotatable bonds is 2. The van der Waals surface area contributed by atoms with Gasteiger partial charge in [0.05, 0.1) is 15.8 Å². The molecule has 0 radical (unpaired) electrons. The number of hydrogen-bond acceptors (Lipinski definition) is 5. The molecule has 3 aromatic rings. The molecule has 5 nitrogen and oxygen atoms in total. The van der Waals surface area contributed by atoms with Gasteiger partial charge in [0.2, 0.25) is 5.13 Å². The van der Waals surface area contributed by atoms with Crippen LogP contribution in [0, 0.1) is 6.92 Å². The zero-order valence-electron chi connectivity index (χ0n) is 12.9. The van der Waals surface area contributed by atoms with E-state index in [1.807, 2.05) is 55.5 Å². The summed E-state index contributed by atoms with van der Waals surface area (Å²) in [5, 5.41) is 6.36. The van der Waals surface area contributed by atoms with Crippen molar-refractivity contribution >= 4 is 38.3 Å². The summed E-state index contributed by atoms with van der Waals surface area (Å²) >= 11 is 1.43. The van der Waals surface area contributed by atoms with E-state index in [1.165, 1.54) is 22.5 Å². The summed E-state index contributed by atoms with van der Waals surface area (Å²) in [4.78, 5) is 17.2. The number of aryl methyl sites for hydroxylation is 1. The van der Waals surface area contributed by atoms with Crippen molar-refractivity contribution in [1.29, 1.82) is 0 Å². The SMILES string of the molecule is Cc1ccc(C2=NN(c3nc4ccccc4s3)C(=O)/C2=C/N)cc1. The predicted octanol–water partition coefficient (Wildman–Crippen LogP) is 3.20. The third-order valence-corrected chi connectivity index (χ3v) is 4.85. The van der Waals surface area contributed by atoms with Gasteiger partial charge in [-0.05, 0) is 19.1 Å². The van der Waals surface area contributed by atoms with Crippen LogP contribution >= 0.6 is 11.3 Å². The number of nitrogens with two attached hydrogens (primary N) is 1. The normalized spacial score (nSPS) is 16.2. The maximum Gasteiger partial charge on any atom is 0.284 e. The standard InChI is InChI=1S/C18H14N4OS/c1-11-6-8-12(9-7-11)16-13(10-19)17(23)22(21-16)18-20-14-4-2-3-5-15(14)24-18/h2-10H,19H2,1H3/b13-10+. The van der Waals surface area contributed by atoms with Crippen molar-refractivity contribution in [2.24, 2.45) is 10.8 Å². The highest BCUT2D eigenvalue weighted by molar-refractivity contribution is 7.22. The van der Waals surface area contributed by atoms with Gasteiger partial charge in [-0.15, -0.1) is 0 Å². The van der Waals surface area contributed by atoms with Crippen LogP contribution in [-0.4, -0.2) is 16.6 Å². The third kappa shape index (κ3) is 2.28. The zero-order chi connectivity index (χ0) is 16.7. The number of carbonyl (C=O) groups excluding carboxylic acids is 1. The van der Waals surface area contributed by atoms with Crippen LogP contribution in [0.4, 0.5) is 5.13 Å². The van der Waals surface area contributed by atoms with E-state index in [9.17, 15) is 4.79 Å². The third-order valence-electron chi connectivity index (χ3n) is 3.83. The Morgan fingerprint density at radius 3 is 2.58 bits per heavy atom. The van der Waals surface area contributed by atoms with Crippen molar-refractivity contribution in [2.75, 3.05) is 5.01 Å². The van der Waals surface area contributed by atoms with Crippen molar-refractivity contribution < 1.29 is 4.79 Å². The van der Waals surface area contributed by atoms with Crippen molar-refractivity contribution in [3.63, 3.8) is 0 Å². The molecule has 4 rings (SSSR count). The first-order valence-corrected chi connectivity index (χ1v) is 8.27. The quantitative estimate of drug-likeness (QED) is 0.732. The summed E-state index contributed by atoms with van der Waals surface area (Å²) in [6.07, 6.45) is 1.31. The number of para-hydroxylation sites is 1. The molecule has 1 aliphatic rings. The summed E-state index contributed by atoms with van der Waals surface area (Å²) in [6.45, 7) is 2.01. The van der Waals surface area contributed by atoms with E-state index >= 15 is 0 Å². The molecular weight excluding hydrogens is 320 g/mol. The van der Waals surface area contributed by atoms with Crippen LogP contribution in [0.5, 0.6) is 0 Å². The van der Waals surface area contributed by atoms with Gasteiger partial charge in [-0.2, -0.15) is 10.1 Å². The minimum atomic E-state index is -0.257. The summed E-state index contributed by atoms with van der Waals surface area (Å²) in [7, 11) is 0. The van der Waals surface area contributed by atoms with Gasteiger partial charge >= 0.3 is 0 Å². The second-order valence-corrected chi connectivity index (χ2v) is 6.49. The molecule has 2 aromatic carbocycles. The van der Waals surface area contributed by atoms with Gasteiger partial charge in [-0.1, -0.05) is 53.3 Å². The van der Waals surface area contributed by atoms with E-state index in [0.717, 1.165) is 21.3 Å². The van der Waals surface area contributed by atoms with E-state index in [0.29, 0.717) is 16.4 Å². The van der Waals surface area contributed by atoms with E-state index in [2.05, 4.69) is 10.1 Å². The molecule has 0 unspecified atom stereocenters. The molecule has 0 bridgehead atoms. The van der Waals surface area contributed by atoms with Crippen molar-refractivity contribution in [2.45, 2.75) is 6.92 Å². The molecule has 0 spiro atoms.